The second kappa shape index (κ2) is 14.0. The smallest absolute Gasteiger partial charge is 0.332 e. The summed E-state index contributed by atoms with van der Waals surface area (Å²) in [6, 6.07) is -3.38. The normalized spacial score (nSPS) is 21.7. The van der Waals surface area contributed by atoms with Crippen molar-refractivity contribution in [3.63, 3.8) is 0 Å². The average Bonchev–Trinajstić information content (AvgIpc) is 3.23. The number of nitrogens with two attached hydrogens (primary N) is 2. The Balaban J connectivity index is 2.29. The molecule has 0 spiro atoms. The summed E-state index contributed by atoms with van der Waals surface area (Å²) < 4.78 is 40.7. The Kier molecular flexibility index (Phi) is 11.6. The van der Waals surface area contributed by atoms with Crippen molar-refractivity contribution in [2.24, 2.45) is 17.4 Å². The number of benzene rings is 1. The predicted octanol–water partition coefficient (Wildman–Crippen LogP) is 1.96. The molecule has 1 heterocycles. The van der Waals surface area contributed by atoms with Gasteiger partial charge in [0.25, 0.3) is 0 Å². The van der Waals surface area contributed by atoms with Crippen LogP contribution in [0.15, 0.2) is 12.1 Å². The fourth-order valence-corrected chi connectivity index (χ4v) is 5.25. The SMILES string of the molecule is CCCC[C@H](N)C(=O)[C@@]1(C(=O)O)CC(NC(=O)CC(N)Cc2cc(F)c(F)cc2F)CN1[C@@H](CC(C)C)C(=O)O. The number of aliphatic carboxylic acids is 2. The fourth-order valence-electron chi connectivity index (χ4n) is 5.25. The summed E-state index contributed by atoms with van der Waals surface area (Å²) in [6.45, 7) is 5.16. The molecule has 1 aliphatic heterocycles. The van der Waals surface area contributed by atoms with Gasteiger partial charge in [0.05, 0.1) is 6.04 Å². The van der Waals surface area contributed by atoms with Gasteiger partial charge in [0.1, 0.15) is 11.9 Å². The van der Waals surface area contributed by atoms with Crippen LogP contribution in [0, 0.1) is 23.4 Å². The van der Waals surface area contributed by atoms with Crippen molar-refractivity contribution >= 4 is 23.6 Å². The van der Waals surface area contributed by atoms with E-state index in [0.29, 0.717) is 25.0 Å². The van der Waals surface area contributed by atoms with Crippen LogP contribution in [0.5, 0.6) is 0 Å². The lowest BCUT2D eigenvalue weighted by Crippen LogP contribution is -2.64. The third kappa shape index (κ3) is 7.79. The lowest BCUT2D eigenvalue weighted by molar-refractivity contribution is -0.162. The van der Waals surface area contributed by atoms with Crippen molar-refractivity contribution in [2.45, 2.75) is 95.4 Å². The highest BCUT2D eigenvalue weighted by molar-refractivity contribution is 6.11. The van der Waals surface area contributed by atoms with Crippen LogP contribution in [0.4, 0.5) is 13.2 Å². The van der Waals surface area contributed by atoms with Gasteiger partial charge in [-0.3, -0.25) is 19.3 Å². The number of amides is 1. The lowest BCUT2D eigenvalue weighted by Gasteiger charge is -2.38. The van der Waals surface area contributed by atoms with E-state index in [0.717, 1.165) is 4.90 Å². The molecule has 0 radical (unpaired) electrons. The molecular weight excluding hydrogens is 533 g/mol. The molecule has 2 rings (SSSR count). The summed E-state index contributed by atoms with van der Waals surface area (Å²) in [7, 11) is 0. The monoisotopic (exact) mass is 572 g/mol. The van der Waals surface area contributed by atoms with Crippen LogP contribution in [0.25, 0.3) is 0 Å². The van der Waals surface area contributed by atoms with E-state index in [2.05, 4.69) is 5.32 Å². The van der Waals surface area contributed by atoms with Gasteiger partial charge in [0, 0.05) is 37.5 Å². The number of carboxylic acid groups (broad SMARTS) is 2. The molecule has 7 N–H and O–H groups in total. The van der Waals surface area contributed by atoms with Crippen molar-refractivity contribution in [1.82, 2.24) is 10.2 Å². The van der Waals surface area contributed by atoms with Gasteiger partial charge in [-0.1, -0.05) is 33.6 Å². The van der Waals surface area contributed by atoms with Crippen LogP contribution in [0.2, 0.25) is 0 Å². The number of hydrogen-bond acceptors (Lipinski definition) is 7. The van der Waals surface area contributed by atoms with Gasteiger partial charge < -0.3 is 27.0 Å². The summed E-state index contributed by atoms with van der Waals surface area (Å²) >= 11 is 0. The van der Waals surface area contributed by atoms with E-state index in [-0.39, 0.29) is 43.7 Å². The number of hydrogen-bond donors (Lipinski definition) is 5. The topological polar surface area (TPSA) is 176 Å². The molecule has 10 nitrogen and oxygen atoms in total. The molecule has 2 unspecified atom stereocenters. The maximum Gasteiger partial charge on any atom is 0.332 e. The third-order valence-corrected chi connectivity index (χ3v) is 7.16. The first-order valence-corrected chi connectivity index (χ1v) is 13.3. The van der Waals surface area contributed by atoms with Crippen LogP contribution in [-0.2, 0) is 25.6 Å². The van der Waals surface area contributed by atoms with Crippen LogP contribution in [0.3, 0.4) is 0 Å². The molecule has 0 aliphatic carbocycles. The van der Waals surface area contributed by atoms with Gasteiger partial charge in [0.15, 0.2) is 23.0 Å². The summed E-state index contributed by atoms with van der Waals surface area (Å²) in [6.07, 6.45) is 0.456. The average molecular weight is 573 g/mol. The van der Waals surface area contributed by atoms with E-state index in [1.165, 1.54) is 0 Å². The van der Waals surface area contributed by atoms with Gasteiger partial charge in [-0.05, 0) is 36.8 Å². The fraction of sp³-hybridized carbons (Fsp3) is 0.630. The van der Waals surface area contributed by atoms with Crippen LogP contribution in [-0.4, -0.2) is 75.0 Å². The number of ketones is 1. The van der Waals surface area contributed by atoms with Crippen molar-refractivity contribution in [3.05, 3.63) is 35.1 Å². The highest BCUT2D eigenvalue weighted by Crippen LogP contribution is 2.36. The van der Waals surface area contributed by atoms with Gasteiger partial charge in [-0.2, -0.15) is 0 Å². The number of nitrogens with zero attached hydrogens (tertiary/aromatic N) is 1. The lowest BCUT2D eigenvalue weighted by atomic mass is 9.83. The highest BCUT2D eigenvalue weighted by atomic mass is 19.2. The number of carbonyl (C=O) groups excluding carboxylic acids is 2. The number of halogens is 3. The first kappa shape index (κ1) is 33.2. The quantitative estimate of drug-likeness (QED) is 0.155. The molecule has 1 aromatic carbocycles. The summed E-state index contributed by atoms with van der Waals surface area (Å²) in [4.78, 5) is 52.5. The highest BCUT2D eigenvalue weighted by Gasteiger charge is 2.61. The number of rotatable bonds is 15. The number of Topliss-reactive ketones (excluding diaryl/α,β-unsaturated/α-hetero) is 1. The Morgan fingerprint density at radius 3 is 2.27 bits per heavy atom. The summed E-state index contributed by atoms with van der Waals surface area (Å²) in [5.41, 5.74) is 9.54. The molecule has 1 saturated heterocycles. The summed E-state index contributed by atoms with van der Waals surface area (Å²) in [5, 5.41) is 22.9. The molecule has 0 saturated carbocycles. The number of nitrogens with one attached hydrogen (secondary N) is 1. The molecule has 0 aromatic heterocycles. The molecule has 1 amide bonds. The van der Waals surface area contributed by atoms with Crippen molar-refractivity contribution in [1.29, 1.82) is 0 Å². The van der Waals surface area contributed by atoms with Crippen molar-refractivity contribution in [2.75, 3.05) is 6.54 Å². The van der Waals surface area contributed by atoms with Gasteiger partial charge in [0.2, 0.25) is 5.91 Å². The van der Waals surface area contributed by atoms with E-state index in [9.17, 15) is 42.6 Å². The van der Waals surface area contributed by atoms with E-state index in [1.807, 2.05) is 6.92 Å². The Bertz CT molecular complexity index is 1100. The number of carbonyl (C=O) groups is 4. The Morgan fingerprint density at radius 2 is 1.73 bits per heavy atom. The Morgan fingerprint density at radius 1 is 1.10 bits per heavy atom. The Hall–Kier alpha value is -3.03. The molecule has 1 aromatic rings. The van der Waals surface area contributed by atoms with Crippen molar-refractivity contribution < 1.29 is 42.6 Å². The molecule has 224 valence electrons. The van der Waals surface area contributed by atoms with E-state index in [1.54, 1.807) is 13.8 Å². The zero-order valence-corrected chi connectivity index (χ0v) is 23.0. The first-order valence-electron chi connectivity index (χ1n) is 13.3. The zero-order valence-electron chi connectivity index (χ0n) is 23.0. The zero-order chi connectivity index (χ0) is 30.4. The predicted molar refractivity (Wildman–Crippen MR) is 140 cm³/mol. The van der Waals surface area contributed by atoms with Crippen LogP contribution >= 0.6 is 0 Å². The Labute approximate surface area is 231 Å². The van der Waals surface area contributed by atoms with Gasteiger partial charge >= 0.3 is 11.9 Å². The molecule has 1 fully saturated rings. The second-order valence-corrected chi connectivity index (χ2v) is 10.9. The van der Waals surface area contributed by atoms with E-state index in [4.69, 9.17) is 11.5 Å². The molecule has 1 aliphatic rings. The molecular formula is C27H39F3N4O6. The standard InChI is InChI=1S/C27H39F3N4O6/c1-4-5-6-21(32)24(36)27(26(39)40)12-17(13-34(27)22(25(37)38)7-14(2)3)33-23(35)10-16(31)8-15-9-19(29)20(30)11-18(15)28/h9,11,14,16-17,21-22H,4-8,10,12-13,31-32H2,1-3H3,(H,33,35)(H,37,38)(H,39,40)/t16?,17?,21-,22-,27+/m0/s1. The molecule has 40 heavy (non-hydrogen) atoms. The van der Waals surface area contributed by atoms with Gasteiger partial charge in [-0.25, -0.2) is 18.0 Å². The first-order chi connectivity index (χ1) is 18.6. The minimum absolute atomic E-state index is 0.0488. The molecule has 13 heteroatoms. The number of likely N-dealkylation sites (tertiary alicyclic amines) is 1. The summed E-state index contributed by atoms with van der Waals surface area (Å²) in [5.74, 6) is -8.15. The van der Waals surface area contributed by atoms with Crippen LogP contribution < -0.4 is 16.8 Å². The van der Waals surface area contributed by atoms with Crippen LogP contribution in [0.1, 0.15) is 64.9 Å². The largest absolute Gasteiger partial charge is 0.480 e. The molecule has 0 bridgehead atoms. The van der Waals surface area contributed by atoms with E-state index < -0.39 is 77.2 Å². The third-order valence-electron chi connectivity index (χ3n) is 7.16. The maximum atomic E-state index is 14.0. The number of carboxylic acids is 2. The number of unbranched alkanes of at least 4 members (excludes halogenated alkanes) is 1. The van der Waals surface area contributed by atoms with Crippen molar-refractivity contribution in [3.8, 4) is 0 Å². The van der Waals surface area contributed by atoms with E-state index >= 15 is 0 Å². The minimum Gasteiger partial charge on any atom is -0.480 e. The second-order valence-electron chi connectivity index (χ2n) is 10.9. The van der Waals surface area contributed by atoms with Gasteiger partial charge in [-0.15, -0.1) is 0 Å². The minimum atomic E-state index is -2.28. The molecule has 5 atom stereocenters. The maximum absolute atomic E-state index is 14.0.